The number of carbonyl (C=O) groups is 1. The number of nitrogens with two attached hydrogens (primary N) is 1. The van der Waals surface area contributed by atoms with Gasteiger partial charge in [0.15, 0.2) is 0 Å². The number of nitrogens with zero attached hydrogens (tertiary/aromatic N) is 3. The van der Waals surface area contributed by atoms with Crippen LogP contribution in [0, 0.1) is 24.6 Å². The molecule has 172 valence electrons. The van der Waals surface area contributed by atoms with E-state index < -0.39 is 18.4 Å². The minimum Gasteiger partial charge on any atom is -0.480 e. The molecule has 7 nitrogen and oxygen atoms in total. The molecule has 0 aliphatic carbocycles. The number of rotatable bonds is 5. The van der Waals surface area contributed by atoms with Crippen molar-refractivity contribution in [1.82, 2.24) is 9.97 Å². The predicted octanol–water partition coefficient (Wildman–Crippen LogP) is 3.92. The molecule has 0 fully saturated rings. The number of hydrogen-bond donors (Lipinski definition) is 2. The van der Waals surface area contributed by atoms with Gasteiger partial charge in [-0.2, -0.15) is 0 Å². The number of hydrogen-bond acceptors (Lipinski definition) is 6. The van der Waals surface area contributed by atoms with E-state index in [4.69, 9.17) is 10.5 Å². The van der Waals surface area contributed by atoms with Gasteiger partial charge in [-0.05, 0) is 43.5 Å². The Hall–Kier alpha value is -3.61. The first-order valence-corrected chi connectivity index (χ1v) is 9.71. The van der Waals surface area contributed by atoms with Crippen LogP contribution >= 0.6 is 0 Å². The molecule has 10 heteroatoms. The molecule has 1 aliphatic heterocycles. The highest BCUT2D eigenvalue weighted by Gasteiger charge is 2.27. The summed E-state index contributed by atoms with van der Waals surface area (Å²) in [4.78, 5) is 23.3. The molecular formula is C22H26F3N5O2. The zero-order valence-electron chi connectivity index (χ0n) is 17.8. The smallest absolute Gasteiger partial charge is 0.275 e. The Labute approximate surface area is 185 Å². The Morgan fingerprint density at radius 1 is 1.22 bits per heavy atom. The van der Waals surface area contributed by atoms with Crippen LogP contribution in [-0.2, 0) is 0 Å². The highest BCUT2D eigenvalue weighted by atomic mass is 19.3. The Bertz CT molecular complexity index is 887. The van der Waals surface area contributed by atoms with Crippen molar-refractivity contribution in [2.45, 2.75) is 38.7 Å². The van der Waals surface area contributed by atoms with Crippen molar-refractivity contribution in [1.29, 1.82) is 0 Å². The maximum absolute atomic E-state index is 12.7. The summed E-state index contributed by atoms with van der Waals surface area (Å²) >= 11 is 0. The van der Waals surface area contributed by atoms with E-state index in [-0.39, 0.29) is 17.4 Å². The van der Waals surface area contributed by atoms with Gasteiger partial charge in [-0.25, -0.2) is 23.1 Å². The minimum absolute atomic E-state index is 0.153. The lowest BCUT2D eigenvalue weighted by atomic mass is 9.93. The molecule has 0 bridgehead atoms. The Morgan fingerprint density at radius 3 is 2.34 bits per heavy atom. The molecule has 0 saturated heterocycles. The number of halogens is 3. The number of methoxy groups -OCH3 is 1. The van der Waals surface area contributed by atoms with Crippen molar-refractivity contribution in [3.63, 3.8) is 0 Å². The zero-order valence-corrected chi connectivity index (χ0v) is 17.8. The van der Waals surface area contributed by atoms with Crippen LogP contribution in [0.2, 0.25) is 0 Å². The van der Waals surface area contributed by atoms with Gasteiger partial charge in [0, 0.05) is 11.6 Å². The van der Waals surface area contributed by atoms with E-state index in [0.29, 0.717) is 23.8 Å². The van der Waals surface area contributed by atoms with Crippen LogP contribution in [0.15, 0.2) is 41.7 Å². The van der Waals surface area contributed by atoms with Gasteiger partial charge in [-0.1, -0.05) is 6.92 Å². The zero-order chi connectivity index (χ0) is 24.1. The number of aromatic nitrogens is 2. The van der Waals surface area contributed by atoms with Crippen molar-refractivity contribution < 1.29 is 22.7 Å². The number of anilines is 1. The van der Waals surface area contributed by atoms with Crippen LogP contribution in [0.3, 0.4) is 0 Å². The summed E-state index contributed by atoms with van der Waals surface area (Å²) in [6.07, 6.45) is 10.4. The molecule has 0 saturated carbocycles. The lowest BCUT2D eigenvalue weighted by Crippen LogP contribution is -2.33. The first-order chi connectivity index (χ1) is 15.3. The van der Waals surface area contributed by atoms with Gasteiger partial charge >= 0.3 is 0 Å². The van der Waals surface area contributed by atoms with Crippen LogP contribution in [0.1, 0.15) is 36.7 Å². The van der Waals surface area contributed by atoms with Crippen LogP contribution in [0.5, 0.6) is 5.88 Å². The fourth-order valence-electron chi connectivity index (χ4n) is 2.74. The molecule has 1 amide bonds. The Morgan fingerprint density at radius 2 is 1.88 bits per heavy atom. The number of nitrogens with one attached hydrogen (secondary N) is 1. The molecule has 3 rings (SSSR count). The monoisotopic (exact) mass is 449 g/mol. The van der Waals surface area contributed by atoms with Crippen molar-refractivity contribution in [2.24, 2.45) is 16.6 Å². The third-order valence-corrected chi connectivity index (χ3v) is 4.50. The van der Waals surface area contributed by atoms with Crippen molar-refractivity contribution >= 4 is 17.4 Å². The first-order valence-electron chi connectivity index (χ1n) is 9.71. The van der Waals surface area contributed by atoms with E-state index >= 15 is 0 Å². The molecular weight excluding hydrogens is 423 g/mol. The number of amides is 1. The quantitative estimate of drug-likeness (QED) is 0.674. The highest BCUT2D eigenvalue weighted by molar-refractivity contribution is 6.02. The number of amidine groups is 1. The second-order valence-corrected chi connectivity index (χ2v) is 6.54. The molecule has 2 unspecified atom stereocenters. The van der Waals surface area contributed by atoms with Gasteiger partial charge in [0.05, 0.1) is 25.3 Å². The summed E-state index contributed by atoms with van der Waals surface area (Å²) in [6, 6.07) is 4.59. The number of benzene rings is 1. The summed E-state index contributed by atoms with van der Waals surface area (Å²) in [5, 5.41) is 2.57. The van der Waals surface area contributed by atoms with E-state index in [1.165, 1.54) is 43.8 Å². The lowest BCUT2D eigenvalue weighted by Gasteiger charge is -2.24. The minimum atomic E-state index is -2.36. The van der Waals surface area contributed by atoms with Crippen LogP contribution in [0.25, 0.3) is 0 Å². The van der Waals surface area contributed by atoms with Crippen LogP contribution in [-0.4, -0.2) is 41.3 Å². The maximum atomic E-state index is 12.7. The van der Waals surface area contributed by atoms with Gasteiger partial charge in [-0.3, -0.25) is 9.79 Å². The second-order valence-electron chi connectivity index (χ2n) is 6.54. The van der Waals surface area contributed by atoms with Gasteiger partial charge in [0.2, 0.25) is 5.88 Å². The number of terminal acetylenes is 1. The number of ether oxygens (including phenoxy) is 1. The fraction of sp³-hybridized carbons (Fsp3) is 0.364. The predicted molar refractivity (Wildman–Crippen MR) is 117 cm³/mol. The molecule has 1 aromatic carbocycles. The molecule has 1 aliphatic rings. The average Bonchev–Trinajstić information content (AvgIpc) is 2.82. The summed E-state index contributed by atoms with van der Waals surface area (Å²) in [7, 11) is 1.46. The van der Waals surface area contributed by atoms with E-state index in [1.807, 2.05) is 6.92 Å². The molecule has 2 aromatic rings. The molecule has 2 atom stereocenters. The van der Waals surface area contributed by atoms with Crippen LogP contribution < -0.4 is 15.8 Å². The molecule has 3 N–H and O–H groups in total. The van der Waals surface area contributed by atoms with Crippen molar-refractivity contribution in [3.8, 4) is 18.7 Å². The largest absolute Gasteiger partial charge is 0.480 e. The normalized spacial score (nSPS) is 17.1. The van der Waals surface area contributed by atoms with E-state index in [1.54, 1.807) is 0 Å². The standard InChI is InChI=1S/C12H10FN3O2.C8H14F2N2.C2H2/c1-18-11-7-14-10(6-15-11)12(17)16-9-4-2-8(13)3-5-9;1-2-5-3-4-6(7(9)10)12-8(5)11;1-2/h2-7H,1H3,(H,16,17);5-7H,2-4H2,1H3,(H2,11,12);1-2H. The number of carbonyl (C=O) groups excluding carboxylic acids is 1. The first kappa shape index (κ1) is 26.4. The molecule has 0 radical (unpaired) electrons. The summed E-state index contributed by atoms with van der Waals surface area (Å²) in [5.41, 5.74) is 6.17. The second kappa shape index (κ2) is 13.6. The van der Waals surface area contributed by atoms with Gasteiger partial charge in [0.1, 0.15) is 17.6 Å². The van der Waals surface area contributed by atoms with Gasteiger partial charge in [-0.15, -0.1) is 12.8 Å². The number of aliphatic imine (C=N–C) groups is 1. The Balaban J connectivity index is 0.000000318. The maximum Gasteiger partial charge on any atom is 0.275 e. The Kier molecular flexibility index (Phi) is 11.3. The molecule has 1 aromatic heterocycles. The third kappa shape index (κ3) is 8.26. The molecule has 0 spiro atoms. The number of alkyl halides is 2. The van der Waals surface area contributed by atoms with E-state index in [2.05, 4.69) is 33.1 Å². The van der Waals surface area contributed by atoms with Crippen molar-refractivity contribution in [3.05, 3.63) is 48.2 Å². The molecule has 32 heavy (non-hydrogen) atoms. The van der Waals surface area contributed by atoms with Gasteiger partial charge < -0.3 is 15.8 Å². The fourth-order valence-corrected chi connectivity index (χ4v) is 2.74. The summed E-state index contributed by atoms with van der Waals surface area (Å²) in [5.74, 6) is 0.177. The van der Waals surface area contributed by atoms with E-state index in [0.717, 1.165) is 12.8 Å². The SMILES string of the molecule is C#C.CCC1CCC(C(F)F)N=C1N.COc1cnc(C(=O)Nc2ccc(F)cc2)cn1. The average molecular weight is 449 g/mol. The highest BCUT2D eigenvalue weighted by Crippen LogP contribution is 2.23. The molecule has 2 heterocycles. The summed E-state index contributed by atoms with van der Waals surface area (Å²) < 4.78 is 41.8. The summed E-state index contributed by atoms with van der Waals surface area (Å²) in [6.45, 7) is 2.00. The lowest BCUT2D eigenvalue weighted by molar-refractivity contribution is 0.102. The third-order valence-electron chi connectivity index (χ3n) is 4.50. The van der Waals surface area contributed by atoms with Crippen molar-refractivity contribution in [2.75, 3.05) is 12.4 Å². The van der Waals surface area contributed by atoms with Gasteiger partial charge in [0.25, 0.3) is 12.3 Å². The van der Waals surface area contributed by atoms with Crippen LogP contribution in [0.4, 0.5) is 18.9 Å². The topological polar surface area (TPSA) is 102 Å². The van der Waals surface area contributed by atoms with E-state index in [9.17, 15) is 18.0 Å².